The SMILES string of the molecule is CC(C)(C)ON=C1CN(c2c(F)cc3c(=O)c(C(=O)O)cn(C4CC4)c3c2F)CC1CN. The van der Waals surface area contributed by atoms with Crippen molar-refractivity contribution in [2.45, 2.75) is 45.3 Å². The van der Waals surface area contributed by atoms with Crippen LogP contribution in [-0.2, 0) is 4.84 Å². The molecule has 1 saturated heterocycles. The Morgan fingerprint density at radius 3 is 2.59 bits per heavy atom. The van der Waals surface area contributed by atoms with Crippen LogP contribution in [0, 0.1) is 17.6 Å². The zero-order chi connectivity index (χ0) is 23.4. The van der Waals surface area contributed by atoms with Crippen LogP contribution in [0.1, 0.15) is 50.0 Å². The third-order valence-corrected chi connectivity index (χ3v) is 5.66. The highest BCUT2D eigenvalue weighted by molar-refractivity contribution is 5.96. The molecule has 8 nitrogen and oxygen atoms in total. The number of hydrogen-bond donors (Lipinski definition) is 2. The third-order valence-electron chi connectivity index (χ3n) is 5.66. The lowest BCUT2D eigenvalue weighted by Gasteiger charge is -2.22. The van der Waals surface area contributed by atoms with Gasteiger partial charge in [-0.15, -0.1) is 0 Å². The molecule has 32 heavy (non-hydrogen) atoms. The summed E-state index contributed by atoms with van der Waals surface area (Å²) in [5.74, 6) is -3.51. The van der Waals surface area contributed by atoms with Crippen molar-refractivity contribution in [2.24, 2.45) is 16.8 Å². The molecule has 1 aromatic heterocycles. The number of carboxylic acids is 1. The van der Waals surface area contributed by atoms with Crippen LogP contribution in [0.4, 0.5) is 14.5 Å². The molecule has 1 aliphatic carbocycles. The fourth-order valence-corrected chi connectivity index (χ4v) is 3.95. The third kappa shape index (κ3) is 3.94. The van der Waals surface area contributed by atoms with Crippen LogP contribution in [0.5, 0.6) is 0 Å². The largest absolute Gasteiger partial charge is 0.477 e. The van der Waals surface area contributed by atoms with Gasteiger partial charge in [0.2, 0.25) is 5.43 Å². The summed E-state index contributed by atoms with van der Waals surface area (Å²) >= 11 is 0. The lowest BCUT2D eigenvalue weighted by molar-refractivity contribution is 0.000172. The van der Waals surface area contributed by atoms with Gasteiger partial charge in [-0.2, -0.15) is 0 Å². The first-order chi connectivity index (χ1) is 15.0. The van der Waals surface area contributed by atoms with Crippen molar-refractivity contribution in [3.8, 4) is 0 Å². The summed E-state index contributed by atoms with van der Waals surface area (Å²) < 4.78 is 32.4. The first kappa shape index (κ1) is 22.2. The smallest absolute Gasteiger partial charge is 0.341 e. The number of benzene rings is 1. The van der Waals surface area contributed by atoms with Gasteiger partial charge in [0.1, 0.15) is 22.7 Å². The van der Waals surface area contributed by atoms with E-state index < -0.39 is 34.2 Å². The Morgan fingerprint density at radius 1 is 1.34 bits per heavy atom. The monoisotopic (exact) mass is 448 g/mol. The fourth-order valence-electron chi connectivity index (χ4n) is 3.95. The van der Waals surface area contributed by atoms with Crippen LogP contribution in [0.3, 0.4) is 0 Å². The number of fused-ring (bicyclic) bond motifs is 1. The Balaban J connectivity index is 1.84. The highest BCUT2D eigenvalue weighted by atomic mass is 19.1. The number of oxime groups is 1. The molecule has 2 heterocycles. The lowest BCUT2D eigenvalue weighted by Crippen LogP contribution is -2.26. The molecule has 4 rings (SSSR count). The number of rotatable bonds is 5. The van der Waals surface area contributed by atoms with Gasteiger partial charge < -0.3 is 25.1 Å². The fraction of sp³-hybridized carbons (Fsp3) is 0.500. The van der Waals surface area contributed by atoms with E-state index in [0.717, 1.165) is 25.1 Å². The Bertz CT molecular complexity index is 1180. The molecule has 1 saturated carbocycles. The quantitative estimate of drug-likeness (QED) is 0.681. The molecule has 2 aromatic rings. The van der Waals surface area contributed by atoms with Crippen LogP contribution in [0.2, 0.25) is 0 Å². The van der Waals surface area contributed by atoms with Gasteiger partial charge in [0, 0.05) is 31.2 Å². The van der Waals surface area contributed by atoms with E-state index in [1.54, 1.807) is 0 Å². The number of aromatic nitrogens is 1. The minimum atomic E-state index is -1.43. The predicted molar refractivity (Wildman–Crippen MR) is 116 cm³/mol. The topological polar surface area (TPSA) is 110 Å². The molecule has 0 radical (unpaired) electrons. The van der Waals surface area contributed by atoms with Crippen molar-refractivity contribution in [3.63, 3.8) is 0 Å². The number of carbonyl (C=O) groups is 1. The van der Waals surface area contributed by atoms with Crippen molar-refractivity contribution < 1.29 is 23.5 Å². The second-order valence-corrected chi connectivity index (χ2v) is 9.33. The average molecular weight is 448 g/mol. The van der Waals surface area contributed by atoms with E-state index in [0.29, 0.717) is 5.71 Å². The summed E-state index contributed by atoms with van der Waals surface area (Å²) in [5, 5.41) is 13.3. The first-order valence-corrected chi connectivity index (χ1v) is 10.5. The predicted octanol–water partition coefficient (Wildman–Crippen LogP) is 2.88. The Morgan fingerprint density at radius 2 is 2.03 bits per heavy atom. The number of nitrogens with two attached hydrogens (primary N) is 1. The summed E-state index contributed by atoms with van der Waals surface area (Å²) in [5.41, 5.74) is 4.14. The van der Waals surface area contributed by atoms with E-state index in [2.05, 4.69) is 5.16 Å². The first-order valence-electron chi connectivity index (χ1n) is 10.5. The summed E-state index contributed by atoms with van der Waals surface area (Å²) in [7, 11) is 0. The molecule has 1 aromatic carbocycles. The van der Waals surface area contributed by atoms with Gasteiger partial charge in [0.05, 0.1) is 23.2 Å². The van der Waals surface area contributed by atoms with Crippen LogP contribution in [0.15, 0.2) is 22.2 Å². The number of hydrogen-bond acceptors (Lipinski definition) is 6. The van der Waals surface area contributed by atoms with Gasteiger partial charge >= 0.3 is 5.97 Å². The molecular formula is C22H26F2N4O4. The molecule has 2 aliphatic rings. The normalized spacial score (nSPS) is 20.4. The summed E-state index contributed by atoms with van der Waals surface area (Å²) in [6.07, 6.45) is 2.61. The highest BCUT2D eigenvalue weighted by Crippen LogP contribution is 2.40. The van der Waals surface area contributed by atoms with Crippen molar-refractivity contribution in [1.29, 1.82) is 0 Å². The van der Waals surface area contributed by atoms with Gasteiger partial charge in [-0.25, -0.2) is 13.6 Å². The van der Waals surface area contributed by atoms with E-state index in [1.807, 2.05) is 20.8 Å². The van der Waals surface area contributed by atoms with Gasteiger partial charge in [0.25, 0.3) is 0 Å². The van der Waals surface area contributed by atoms with Crippen LogP contribution >= 0.6 is 0 Å². The molecule has 10 heteroatoms. The average Bonchev–Trinajstić information content (AvgIpc) is 3.46. The van der Waals surface area contributed by atoms with E-state index in [1.165, 1.54) is 9.47 Å². The molecule has 0 spiro atoms. The number of aromatic carboxylic acids is 1. The Kier molecular flexibility index (Phi) is 5.44. The second-order valence-electron chi connectivity index (χ2n) is 9.33. The van der Waals surface area contributed by atoms with Crippen molar-refractivity contribution in [3.05, 3.63) is 39.7 Å². The van der Waals surface area contributed by atoms with Gasteiger partial charge in [-0.1, -0.05) is 5.16 Å². The zero-order valence-corrected chi connectivity index (χ0v) is 18.2. The van der Waals surface area contributed by atoms with Crippen LogP contribution < -0.4 is 16.1 Å². The number of carboxylic acid groups (broad SMARTS) is 1. The molecule has 1 unspecified atom stereocenters. The molecule has 1 atom stereocenters. The van der Waals surface area contributed by atoms with Crippen molar-refractivity contribution in [2.75, 3.05) is 24.5 Å². The highest BCUT2D eigenvalue weighted by Gasteiger charge is 2.35. The Labute approximate surface area is 183 Å². The van der Waals surface area contributed by atoms with Crippen molar-refractivity contribution in [1.82, 2.24) is 4.57 Å². The van der Waals surface area contributed by atoms with E-state index in [-0.39, 0.29) is 48.2 Å². The standard InChI is InChI=1S/C22H26F2N4O4/c1-22(2,3)32-26-16-10-27(8-11(16)7-25)19-15(23)6-13-18(17(19)24)28(12-4-5-12)9-14(20(13)29)21(30)31/h6,9,11-12H,4-5,7-8,10,25H2,1-3H3,(H,30,31). The number of pyridine rings is 1. The Hall–Kier alpha value is -3.01. The van der Waals surface area contributed by atoms with Gasteiger partial charge in [-0.3, -0.25) is 4.79 Å². The lowest BCUT2D eigenvalue weighted by atomic mass is 10.1. The molecule has 0 bridgehead atoms. The second kappa shape index (κ2) is 7.84. The molecule has 3 N–H and O–H groups in total. The summed E-state index contributed by atoms with van der Waals surface area (Å²) in [6, 6.07) is 0.802. The molecule has 172 valence electrons. The number of nitrogens with zero attached hydrogens (tertiary/aromatic N) is 3. The summed E-state index contributed by atoms with van der Waals surface area (Å²) in [4.78, 5) is 31.1. The minimum Gasteiger partial charge on any atom is -0.477 e. The molecule has 0 amide bonds. The molecule has 1 aliphatic heterocycles. The van der Waals surface area contributed by atoms with Crippen molar-refractivity contribution >= 4 is 28.3 Å². The molecule has 2 fully saturated rings. The van der Waals surface area contributed by atoms with Crippen LogP contribution in [0.25, 0.3) is 10.9 Å². The maximum Gasteiger partial charge on any atom is 0.341 e. The molecular weight excluding hydrogens is 422 g/mol. The van der Waals surface area contributed by atoms with Gasteiger partial charge in [-0.05, 0) is 39.7 Å². The maximum absolute atomic E-state index is 15.8. The van der Waals surface area contributed by atoms with Crippen LogP contribution in [-0.4, -0.2) is 46.6 Å². The van der Waals surface area contributed by atoms with E-state index in [4.69, 9.17) is 10.6 Å². The number of halogens is 2. The summed E-state index contributed by atoms with van der Waals surface area (Å²) in [6.45, 7) is 6.11. The zero-order valence-electron chi connectivity index (χ0n) is 18.2. The minimum absolute atomic E-state index is 0.0838. The van der Waals surface area contributed by atoms with Gasteiger partial charge in [0.15, 0.2) is 5.82 Å². The maximum atomic E-state index is 15.8. The van der Waals surface area contributed by atoms with E-state index >= 15 is 8.78 Å². The van der Waals surface area contributed by atoms with E-state index in [9.17, 15) is 14.7 Å². The number of anilines is 1.